The molecule has 0 spiro atoms. The van der Waals surface area contributed by atoms with E-state index < -0.39 is 5.97 Å². The van der Waals surface area contributed by atoms with E-state index >= 15 is 0 Å². The van der Waals surface area contributed by atoms with E-state index in [1.54, 1.807) is 31.5 Å². The summed E-state index contributed by atoms with van der Waals surface area (Å²) in [6, 6.07) is 10.6. The van der Waals surface area contributed by atoms with Crippen LogP contribution in [0.3, 0.4) is 0 Å². The van der Waals surface area contributed by atoms with Crippen LogP contribution in [-0.4, -0.2) is 38.2 Å². The molecule has 3 heterocycles. The number of para-hydroxylation sites is 2. The Hall–Kier alpha value is -4.19. The zero-order valence-corrected chi connectivity index (χ0v) is 20.1. The van der Waals surface area contributed by atoms with E-state index in [4.69, 9.17) is 19.7 Å². The van der Waals surface area contributed by atoms with Crippen LogP contribution >= 0.6 is 11.8 Å². The van der Waals surface area contributed by atoms with Gasteiger partial charge in [-0.2, -0.15) is 15.0 Å². The van der Waals surface area contributed by atoms with Crippen LogP contribution < -0.4 is 15.8 Å². The predicted octanol–water partition coefficient (Wildman–Crippen LogP) is 3.86. The van der Waals surface area contributed by atoms with Gasteiger partial charge in [0, 0.05) is 17.5 Å². The smallest absolute Gasteiger partial charge is 0.341 e. The maximum atomic E-state index is 12.8. The number of nitrogens with one attached hydrogen (secondary N) is 1. The predicted molar refractivity (Wildman–Crippen MR) is 129 cm³/mol. The lowest BCUT2D eigenvalue weighted by molar-refractivity contribution is 0.0457. The summed E-state index contributed by atoms with van der Waals surface area (Å²) in [6.07, 6.45) is 1.62. The molecule has 0 saturated carbocycles. The molecule has 4 rings (SSSR count). The summed E-state index contributed by atoms with van der Waals surface area (Å²) < 4.78 is 16.0. The van der Waals surface area contributed by atoms with Crippen molar-refractivity contribution in [2.75, 3.05) is 18.2 Å². The maximum absolute atomic E-state index is 12.8. The summed E-state index contributed by atoms with van der Waals surface area (Å²) in [5, 5.41) is 7.53. The molecule has 0 fully saturated rings. The minimum Gasteiger partial charge on any atom is -0.495 e. The number of carbonyl (C=O) groups excluding carboxylic acids is 1. The van der Waals surface area contributed by atoms with E-state index in [-0.39, 0.29) is 24.3 Å². The lowest BCUT2D eigenvalue weighted by atomic mass is 10.2. The first-order valence-corrected chi connectivity index (χ1v) is 11.5. The Labute approximate surface area is 205 Å². The Morgan fingerprint density at radius 2 is 1.97 bits per heavy atom. The molecule has 35 heavy (non-hydrogen) atoms. The Kier molecular flexibility index (Phi) is 7.41. The summed E-state index contributed by atoms with van der Waals surface area (Å²) in [7, 11) is 1.56. The molecule has 0 saturated heterocycles. The first-order chi connectivity index (χ1) is 16.9. The highest BCUT2D eigenvalue weighted by molar-refractivity contribution is 7.98. The van der Waals surface area contributed by atoms with Crippen molar-refractivity contribution < 1.29 is 18.8 Å². The van der Waals surface area contributed by atoms with Gasteiger partial charge in [0.15, 0.2) is 12.4 Å². The van der Waals surface area contributed by atoms with Gasteiger partial charge in [-0.1, -0.05) is 17.3 Å². The van der Waals surface area contributed by atoms with Crippen LogP contribution in [-0.2, 0) is 17.1 Å². The second-order valence-corrected chi connectivity index (χ2v) is 8.25. The van der Waals surface area contributed by atoms with Crippen LogP contribution in [0.4, 0.5) is 17.6 Å². The number of nitrogen functional groups attached to an aromatic ring is 1. The fraction of sp³-hybridized carbons (Fsp3) is 0.217. The number of aromatic nitrogens is 5. The van der Waals surface area contributed by atoms with Crippen LogP contribution in [0.15, 0.2) is 52.1 Å². The number of hydrogen-bond donors (Lipinski definition) is 2. The molecule has 3 aromatic heterocycles. The molecule has 11 nitrogen and oxygen atoms in total. The molecule has 12 heteroatoms. The van der Waals surface area contributed by atoms with Gasteiger partial charge in [0.2, 0.25) is 11.9 Å². The molecule has 0 unspecified atom stereocenters. The van der Waals surface area contributed by atoms with Crippen molar-refractivity contribution >= 4 is 35.3 Å². The third-order valence-electron chi connectivity index (χ3n) is 4.91. The second-order valence-electron chi connectivity index (χ2n) is 7.28. The number of anilines is 3. The number of rotatable bonds is 9. The first kappa shape index (κ1) is 24.0. The SMILES string of the molecule is COc1ccccc1Nc1nc(N)nc(COC(=O)c2cccnc2SCc2c(C)noc2C)n1. The van der Waals surface area contributed by atoms with Crippen molar-refractivity contribution in [3.63, 3.8) is 0 Å². The number of pyridine rings is 1. The van der Waals surface area contributed by atoms with Crippen LogP contribution in [0.2, 0.25) is 0 Å². The monoisotopic (exact) mass is 493 g/mol. The van der Waals surface area contributed by atoms with Gasteiger partial charge >= 0.3 is 5.97 Å². The first-order valence-electron chi connectivity index (χ1n) is 10.5. The normalized spacial score (nSPS) is 10.7. The summed E-state index contributed by atoms with van der Waals surface area (Å²) >= 11 is 1.40. The standard InChI is InChI=1S/C23H23N7O4S/c1-13-16(14(2)34-30-13)12-35-20-15(7-6-10-25-20)21(31)33-11-19-27-22(24)29-23(28-19)26-17-8-4-5-9-18(17)32-3/h4-10H,11-12H2,1-3H3,(H3,24,26,27,28,29). The Bertz CT molecular complexity index is 1330. The Balaban J connectivity index is 1.44. The third kappa shape index (κ3) is 5.84. The van der Waals surface area contributed by atoms with Crippen LogP contribution in [0.1, 0.15) is 33.2 Å². The molecule has 0 aliphatic carbocycles. The average Bonchev–Trinajstić information content (AvgIpc) is 3.18. The molecule has 180 valence electrons. The van der Waals surface area contributed by atoms with E-state index in [2.05, 4.69) is 30.4 Å². The van der Waals surface area contributed by atoms with Gasteiger partial charge < -0.3 is 25.0 Å². The minimum absolute atomic E-state index is 0.0134. The number of benzene rings is 1. The number of ether oxygens (including phenoxy) is 2. The van der Waals surface area contributed by atoms with Crippen molar-refractivity contribution in [1.29, 1.82) is 0 Å². The molecule has 0 amide bonds. The van der Waals surface area contributed by atoms with Crippen LogP contribution in [0.5, 0.6) is 5.75 Å². The minimum atomic E-state index is -0.558. The molecule has 0 atom stereocenters. The number of aryl methyl sites for hydroxylation is 2. The number of carbonyl (C=O) groups is 1. The van der Waals surface area contributed by atoms with Crippen molar-refractivity contribution in [3.8, 4) is 5.75 Å². The number of nitrogens with two attached hydrogens (primary N) is 1. The molecule has 3 N–H and O–H groups in total. The summed E-state index contributed by atoms with van der Waals surface area (Å²) in [6.45, 7) is 3.52. The number of methoxy groups -OCH3 is 1. The molecule has 0 aliphatic heterocycles. The summed E-state index contributed by atoms with van der Waals surface area (Å²) in [4.78, 5) is 29.6. The van der Waals surface area contributed by atoms with Gasteiger partial charge in [0.05, 0.1) is 24.1 Å². The molecule has 1 aromatic carbocycles. The Morgan fingerprint density at radius 1 is 1.14 bits per heavy atom. The van der Waals surface area contributed by atoms with E-state index in [1.807, 2.05) is 32.0 Å². The van der Waals surface area contributed by atoms with Gasteiger partial charge in [-0.25, -0.2) is 9.78 Å². The zero-order valence-electron chi connectivity index (χ0n) is 19.3. The number of esters is 1. The highest BCUT2D eigenvalue weighted by Gasteiger charge is 2.18. The molecule has 0 aliphatic rings. The van der Waals surface area contributed by atoms with E-state index in [1.165, 1.54) is 11.8 Å². The van der Waals surface area contributed by atoms with Crippen LogP contribution in [0, 0.1) is 13.8 Å². The van der Waals surface area contributed by atoms with Crippen molar-refractivity contribution in [1.82, 2.24) is 25.1 Å². The lowest BCUT2D eigenvalue weighted by Gasteiger charge is -2.11. The molecule has 0 bridgehead atoms. The van der Waals surface area contributed by atoms with E-state index in [0.29, 0.717) is 27.8 Å². The van der Waals surface area contributed by atoms with Gasteiger partial charge in [0.25, 0.3) is 0 Å². The van der Waals surface area contributed by atoms with E-state index in [9.17, 15) is 4.79 Å². The number of hydrogen-bond acceptors (Lipinski definition) is 12. The van der Waals surface area contributed by atoms with Gasteiger partial charge in [-0.3, -0.25) is 0 Å². The molecule has 4 aromatic rings. The highest BCUT2D eigenvalue weighted by atomic mass is 32.2. The molecular formula is C23H23N7O4S. The fourth-order valence-corrected chi connectivity index (χ4v) is 4.28. The lowest BCUT2D eigenvalue weighted by Crippen LogP contribution is -2.12. The van der Waals surface area contributed by atoms with Gasteiger partial charge in [-0.15, -0.1) is 11.8 Å². The molecular weight excluding hydrogens is 470 g/mol. The van der Waals surface area contributed by atoms with Crippen LogP contribution in [0.25, 0.3) is 0 Å². The maximum Gasteiger partial charge on any atom is 0.341 e. The number of nitrogens with zero attached hydrogens (tertiary/aromatic N) is 5. The Morgan fingerprint density at radius 3 is 2.74 bits per heavy atom. The largest absolute Gasteiger partial charge is 0.495 e. The fourth-order valence-electron chi connectivity index (χ4n) is 3.14. The average molecular weight is 494 g/mol. The quantitative estimate of drug-likeness (QED) is 0.257. The summed E-state index contributed by atoms with van der Waals surface area (Å²) in [5.74, 6) is 1.72. The highest BCUT2D eigenvalue weighted by Crippen LogP contribution is 2.28. The molecule has 0 radical (unpaired) electrons. The second kappa shape index (κ2) is 10.8. The van der Waals surface area contributed by atoms with Crippen molar-refractivity contribution in [2.24, 2.45) is 0 Å². The number of thioether (sulfide) groups is 1. The van der Waals surface area contributed by atoms with Gasteiger partial charge in [0.1, 0.15) is 16.5 Å². The third-order valence-corrected chi connectivity index (χ3v) is 5.94. The topological polar surface area (TPSA) is 151 Å². The van der Waals surface area contributed by atoms with E-state index in [0.717, 1.165) is 17.0 Å². The van der Waals surface area contributed by atoms with Crippen molar-refractivity contribution in [3.05, 3.63) is 71.0 Å². The zero-order chi connectivity index (χ0) is 24.8. The van der Waals surface area contributed by atoms with Crippen molar-refractivity contribution in [2.45, 2.75) is 31.2 Å². The van der Waals surface area contributed by atoms with Gasteiger partial charge in [-0.05, 0) is 38.1 Å². The summed E-state index contributed by atoms with van der Waals surface area (Å²) in [5.41, 5.74) is 8.59.